The number of aromatic hydroxyl groups is 1. The standard InChI is InChI=1S/C17H22N2O2/c18-10-4-7-16(19)15-9-8-14(11-17(15)20)21-12-13-5-2-1-3-6-13/h1-3,5-6,8-9,11,16,20H,4,7,10,12,18-19H2/t16-/m0/s1. The fourth-order valence-corrected chi connectivity index (χ4v) is 2.16. The molecule has 21 heavy (non-hydrogen) atoms. The first-order valence-electron chi connectivity index (χ1n) is 7.16. The summed E-state index contributed by atoms with van der Waals surface area (Å²) < 4.78 is 5.67. The smallest absolute Gasteiger partial charge is 0.124 e. The molecule has 2 aromatic rings. The molecule has 0 bridgehead atoms. The SMILES string of the molecule is NCCC[C@H](N)c1ccc(OCc2ccccc2)cc1O. The van der Waals surface area contributed by atoms with E-state index in [0.29, 0.717) is 18.9 Å². The maximum absolute atomic E-state index is 10.1. The van der Waals surface area contributed by atoms with Crippen LogP contribution >= 0.6 is 0 Å². The van der Waals surface area contributed by atoms with Gasteiger partial charge in [-0.1, -0.05) is 36.4 Å². The molecule has 2 aromatic carbocycles. The Bertz CT molecular complexity index is 558. The van der Waals surface area contributed by atoms with E-state index in [1.54, 1.807) is 6.07 Å². The first kappa shape index (κ1) is 15.4. The summed E-state index contributed by atoms with van der Waals surface area (Å²) in [4.78, 5) is 0. The van der Waals surface area contributed by atoms with E-state index < -0.39 is 0 Å². The number of hydrogen-bond donors (Lipinski definition) is 3. The van der Waals surface area contributed by atoms with Gasteiger partial charge >= 0.3 is 0 Å². The summed E-state index contributed by atoms with van der Waals surface area (Å²) >= 11 is 0. The second-order valence-electron chi connectivity index (χ2n) is 5.03. The third kappa shape index (κ3) is 4.48. The molecule has 0 fully saturated rings. The van der Waals surface area contributed by atoms with Crippen LogP contribution < -0.4 is 16.2 Å². The molecule has 1 atom stereocenters. The number of hydrogen-bond acceptors (Lipinski definition) is 4. The van der Waals surface area contributed by atoms with Crippen LogP contribution in [0.2, 0.25) is 0 Å². The topological polar surface area (TPSA) is 81.5 Å². The Labute approximate surface area is 125 Å². The van der Waals surface area contributed by atoms with Crippen molar-refractivity contribution in [3.8, 4) is 11.5 Å². The molecule has 0 radical (unpaired) electrons. The zero-order chi connectivity index (χ0) is 15.1. The molecule has 0 saturated heterocycles. The van der Waals surface area contributed by atoms with E-state index in [1.807, 2.05) is 42.5 Å². The molecule has 0 aliphatic heterocycles. The quantitative estimate of drug-likeness (QED) is 0.731. The maximum Gasteiger partial charge on any atom is 0.124 e. The Hall–Kier alpha value is -2.04. The van der Waals surface area contributed by atoms with E-state index in [1.165, 1.54) is 0 Å². The molecule has 112 valence electrons. The summed E-state index contributed by atoms with van der Waals surface area (Å²) in [5, 5.41) is 10.1. The zero-order valence-corrected chi connectivity index (χ0v) is 12.0. The van der Waals surface area contributed by atoms with Crippen LogP contribution in [-0.2, 0) is 6.61 Å². The summed E-state index contributed by atoms with van der Waals surface area (Å²) in [5.41, 5.74) is 13.3. The van der Waals surface area contributed by atoms with Crippen molar-refractivity contribution >= 4 is 0 Å². The summed E-state index contributed by atoms with van der Waals surface area (Å²) in [5.74, 6) is 0.802. The van der Waals surface area contributed by atoms with Crippen LogP contribution in [0.25, 0.3) is 0 Å². The Morgan fingerprint density at radius 3 is 2.52 bits per heavy atom. The number of phenols is 1. The van der Waals surface area contributed by atoms with Gasteiger partial charge in [0.1, 0.15) is 18.1 Å². The van der Waals surface area contributed by atoms with Crippen molar-refractivity contribution in [1.29, 1.82) is 0 Å². The van der Waals surface area contributed by atoms with Crippen molar-refractivity contribution in [3.63, 3.8) is 0 Å². The van der Waals surface area contributed by atoms with Crippen LogP contribution in [-0.4, -0.2) is 11.7 Å². The molecule has 0 aliphatic rings. The van der Waals surface area contributed by atoms with Crippen LogP contribution in [0.5, 0.6) is 11.5 Å². The number of phenolic OH excluding ortho intramolecular Hbond substituents is 1. The molecule has 0 heterocycles. The van der Waals surface area contributed by atoms with Gasteiger partial charge in [0.15, 0.2) is 0 Å². The van der Waals surface area contributed by atoms with Crippen LogP contribution in [0.3, 0.4) is 0 Å². The van der Waals surface area contributed by atoms with Crippen molar-refractivity contribution < 1.29 is 9.84 Å². The summed E-state index contributed by atoms with van der Waals surface area (Å²) in [6, 6.07) is 15.0. The largest absolute Gasteiger partial charge is 0.507 e. The average Bonchev–Trinajstić information content (AvgIpc) is 2.51. The minimum atomic E-state index is -0.197. The molecule has 4 heteroatoms. The molecule has 2 rings (SSSR count). The van der Waals surface area contributed by atoms with Crippen molar-refractivity contribution in [2.45, 2.75) is 25.5 Å². The van der Waals surface area contributed by atoms with Crippen LogP contribution in [0, 0.1) is 0 Å². The number of rotatable bonds is 7. The third-order valence-electron chi connectivity index (χ3n) is 3.37. The fourth-order valence-electron chi connectivity index (χ4n) is 2.16. The highest BCUT2D eigenvalue weighted by molar-refractivity contribution is 5.41. The molecule has 0 spiro atoms. The fraction of sp³-hybridized carbons (Fsp3) is 0.294. The van der Waals surface area contributed by atoms with Gasteiger partial charge in [0.05, 0.1) is 0 Å². The molecule has 0 amide bonds. The predicted molar refractivity (Wildman–Crippen MR) is 84.1 cm³/mol. The van der Waals surface area contributed by atoms with Crippen LogP contribution in [0.1, 0.15) is 30.0 Å². The Kier molecular flexibility index (Phi) is 5.60. The maximum atomic E-state index is 10.1. The lowest BCUT2D eigenvalue weighted by Crippen LogP contribution is -2.12. The van der Waals surface area contributed by atoms with E-state index in [2.05, 4.69) is 0 Å². The molecule has 0 unspecified atom stereocenters. The molecule has 5 N–H and O–H groups in total. The van der Waals surface area contributed by atoms with Crippen molar-refractivity contribution in [2.75, 3.05) is 6.54 Å². The van der Waals surface area contributed by atoms with Crippen molar-refractivity contribution in [1.82, 2.24) is 0 Å². The van der Waals surface area contributed by atoms with Crippen LogP contribution in [0.4, 0.5) is 0 Å². The van der Waals surface area contributed by atoms with Gasteiger partial charge in [0.25, 0.3) is 0 Å². The Balaban J connectivity index is 1.98. The van der Waals surface area contributed by atoms with E-state index in [-0.39, 0.29) is 11.8 Å². The second kappa shape index (κ2) is 7.67. The molecule has 0 saturated carbocycles. The van der Waals surface area contributed by atoms with Gasteiger partial charge in [-0.05, 0) is 31.0 Å². The minimum Gasteiger partial charge on any atom is -0.507 e. The van der Waals surface area contributed by atoms with E-state index >= 15 is 0 Å². The molecule has 4 nitrogen and oxygen atoms in total. The number of ether oxygens (including phenoxy) is 1. The van der Waals surface area contributed by atoms with Gasteiger partial charge in [-0.25, -0.2) is 0 Å². The van der Waals surface area contributed by atoms with Gasteiger partial charge in [-0.2, -0.15) is 0 Å². The average molecular weight is 286 g/mol. The van der Waals surface area contributed by atoms with Crippen molar-refractivity contribution in [3.05, 3.63) is 59.7 Å². The highest BCUT2D eigenvalue weighted by atomic mass is 16.5. The van der Waals surface area contributed by atoms with Gasteiger partial charge in [0.2, 0.25) is 0 Å². The lowest BCUT2D eigenvalue weighted by Gasteiger charge is -2.14. The molecule has 0 aromatic heterocycles. The highest BCUT2D eigenvalue weighted by Crippen LogP contribution is 2.29. The molecule has 0 aliphatic carbocycles. The van der Waals surface area contributed by atoms with E-state index in [4.69, 9.17) is 16.2 Å². The Morgan fingerprint density at radius 1 is 1.10 bits per heavy atom. The summed E-state index contributed by atoms with van der Waals surface area (Å²) in [6.07, 6.45) is 1.60. The van der Waals surface area contributed by atoms with Crippen LogP contribution in [0.15, 0.2) is 48.5 Å². The normalized spacial score (nSPS) is 12.1. The summed E-state index contributed by atoms with van der Waals surface area (Å²) in [6.45, 7) is 1.07. The van der Waals surface area contributed by atoms with Crippen molar-refractivity contribution in [2.24, 2.45) is 11.5 Å². The number of benzene rings is 2. The lowest BCUT2D eigenvalue weighted by atomic mass is 10.0. The predicted octanol–water partition coefficient (Wildman–Crippen LogP) is 2.71. The van der Waals surface area contributed by atoms with Gasteiger partial charge in [-0.3, -0.25) is 0 Å². The third-order valence-corrected chi connectivity index (χ3v) is 3.37. The molecular weight excluding hydrogens is 264 g/mol. The van der Waals surface area contributed by atoms with E-state index in [0.717, 1.165) is 24.0 Å². The molecular formula is C17H22N2O2. The monoisotopic (exact) mass is 286 g/mol. The first-order chi connectivity index (χ1) is 10.2. The van der Waals surface area contributed by atoms with Gasteiger partial charge in [0, 0.05) is 17.7 Å². The van der Waals surface area contributed by atoms with Gasteiger partial charge < -0.3 is 21.3 Å². The second-order valence-corrected chi connectivity index (χ2v) is 5.03. The lowest BCUT2D eigenvalue weighted by molar-refractivity contribution is 0.304. The number of nitrogens with two attached hydrogens (primary N) is 2. The van der Waals surface area contributed by atoms with Gasteiger partial charge in [-0.15, -0.1) is 0 Å². The zero-order valence-electron chi connectivity index (χ0n) is 12.0. The van der Waals surface area contributed by atoms with E-state index in [9.17, 15) is 5.11 Å². The first-order valence-corrected chi connectivity index (χ1v) is 7.16. The summed E-state index contributed by atoms with van der Waals surface area (Å²) in [7, 11) is 0. The minimum absolute atomic E-state index is 0.171. The Morgan fingerprint density at radius 2 is 1.86 bits per heavy atom. The highest BCUT2D eigenvalue weighted by Gasteiger charge is 2.11.